The minimum absolute atomic E-state index is 0. The predicted octanol–water partition coefficient (Wildman–Crippen LogP) is 1.79. The van der Waals surface area contributed by atoms with Crippen LogP contribution < -0.4 is 16.2 Å². The number of aliphatic imine (C=N–C) groups is 1. The van der Waals surface area contributed by atoms with Crippen molar-refractivity contribution >= 4 is 41.9 Å². The summed E-state index contributed by atoms with van der Waals surface area (Å²) < 4.78 is 10.2. The largest absolute Gasteiger partial charge is 0.482 e. The lowest BCUT2D eigenvalue weighted by molar-refractivity contribution is -0.145. The van der Waals surface area contributed by atoms with Crippen LogP contribution in [0.4, 0.5) is 0 Å². The molecule has 0 radical (unpaired) electrons. The summed E-state index contributed by atoms with van der Waals surface area (Å²) in [5, 5.41) is 0. The normalized spacial score (nSPS) is 10.4. The Morgan fingerprint density at radius 1 is 1.21 bits per heavy atom. The van der Waals surface area contributed by atoms with Crippen LogP contribution in [0.25, 0.3) is 11.6 Å². The van der Waals surface area contributed by atoms with Crippen LogP contribution in [0.15, 0.2) is 53.8 Å². The minimum Gasteiger partial charge on any atom is -0.482 e. The Kier molecular flexibility index (Phi) is 9.18. The highest BCUT2D eigenvalue weighted by Gasteiger charge is 2.12. The average molecular weight is 405 g/mol. The molecule has 2 aromatic rings. The van der Waals surface area contributed by atoms with Crippen molar-refractivity contribution in [1.82, 2.24) is 4.98 Å². The molecule has 9 heteroatoms. The Bertz CT molecular complexity index is 865. The second-order valence-corrected chi connectivity index (χ2v) is 5.31. The first-order valence-corrected chi connectivity index (χ1v) is 8.14. The molecule has 0 bridgehead atoms. The van der Waals surface area contributed by atoms with Crippen molar-refractivity contribution < 1.29 is 19.1 Å². The molecule has 28 heavy (non-hydrogen) atoms. The monoisotopic (exact) mass is 404 g/mol. The lowest BCUT2D eigenvalue weighted by Crippen LogP contribution is -2.24. The Morgan fingerprint density at radius 3 is 2.64 bits per heavy atom. The highest BCUT2D eigenvalue weighted by atomic mass is 35.5. The van der Waals surface area contributed by atoms with E-state index in [4.69, 9.17) is 20.9 Å². The maximum absolute atomic E-state index is 12.4. The quantitative estimate of drug-likeness (QED) is 0.311. The lowest BCUT2D eigenvalue weighted by Gasteiger charge is -2.08. The maximum atomic E-state index is 12.4. The van der Waals surface area contributed by atoms with Crippen LogP contribution in [0.3, 0.4) is 0 Å². The lowest BCUT2D eigenvalue weighted by atomic mass is 10.0. The third kappa shape index (κ3) is 7.08. The summed E-state index contributed by atoms with van der Waals surface area (Å²) in [6.07, 6.45) is 4.74. The van der Waals surface area contributed by atoms with Gasteiger partial charge in [0.15, 0.2) is 12.6 Å². The van der Waals surface area contributed by atoms with Gasteiger partial charge in [-0.3, -0.25) is 9.78 Å². The van der Waals surface area contributed by atoms with Crippen LogP contribution in [-0.4, -0.2) is 36.0 Å². The first kappa shape index (κ1) is 22.7. The van der Waals surface area contributed by atoms with Crippen molar-refractivity contribution in [3.05, 3.63) is 59.9 Å². The van der Waals surface area contributed by atoms with Crippen molar-refractivity contribution in [3.8, 4) is 5.75 Å². The molecule has 1 aromatic heterocycles. The zero-order valence-corrected chi connectivity index (χ0v) is 16.0. The molecule has 0 atom stereocenters. The van der Waals surface area contributed by atoms with E-state index in [9.17, 15) is 9.59 Å². The van der Waals surface area contributed by atoms with Gasteiger partial charge in [-0.05, 0) is 36.8 Å². The second kappa shape index (κ2) is 11.3. The Hall–Kier alpha value is -3.39. The van der Waals surface area contributed by atoms with Gasteiger partial charge in [0.25, 0.3) is 5.91 Å². The fourth-order valence-corrected chi connectivity index (χ4v) is 2.17. The zero-order valence-electron chi connectivity index (χ0n) is 15.2. The first-order valence-electron chi connectivity index (χ1n) is 8.14. The Morgan fingerprint density at radius 2 is 2.00 bits per heavy atom. The van der Waals surface area contributed by atoms with E-state index in [-0.39, 0.29) is 37.2 Å². The summed E-state index contributed by atoms with van der Waals surface area (Å²) in [6, 6.07) is 10.3. The van der Waals surface area contributed by atoms with E-state index in [1.807, 2.05) is 0 Å². The number of rotatable bonds is 7. The Balaban J connectivity index is 0.00000392. The fourth-order valence-electron chi connectivity index (χ4n) is 2.17. The van der Waals surface area contributed by atoms with Gasteiger partial charge in [0.05, 0.1) is 12.2 Å². The van der Waals surface area contributed by atoms with Gasteiger partial charge in [-0.1, -0.05) is 18.2 Å². The van der Waals surface area contributed by atoms with E-state index in [0.29, 0.717) is 16.9 Å². The smallest absolute Gasteiger partial charge is 0.344 e. The van der Waals surface area contributed by atoms with Crippen LogP contribution in [0.1, 0.15) is 18.1 Å². The molecule has 0 spiro atoms. The number of aromatic nitrogens is 1. The third-order valence-electron chi connectivity index (χ3n) is 3.26. The summed E-state index contributed by atoms with van der Waals surface area (Å²) in [5.74, 6) is -0.934. The van der Waals surface area contributed by atoms with E-state index in [2.05, 4.69) is 9.98 Å². The van der Waals surface area contributed by atoms with Crippen LogP contribution in [0.5, 0.6) is 5.75 Å². The van der Waals surface area contributed by atoms with E-state index in [1.54, 1.807) is 55.6 Å². The molecule has 0 unspecified atom stereocenters. The average Bonchev–Trinajstić information content (AvgIpc) is 2.65. The molecule has 8 nitrogen and oxygen atoms in total. The topological polar surface area (TPSA) is 130 Å². The molecule has 0 aliphatic heterocycles. The number of nitrogens with two attached hydrogens (primary N) is 2. The van der Waals surface area contributed by atoms with Gasteiger partial charge in [-0.25, -0.2) is 4.79 Å². The van der Waals surface area contributed by atoms with Crippen molar-refractivity contribution in [1.29, 1.82) is 0 Å². The molecule has 2 rings (SSSR count). The van der Waals surface area contributed by atoms with Crippen molar-refractivity contribution in [3.63, 3.8) is 0 Å². The van der Waals surface area contributed by atoms with Gasteiger partial charge in [0, 0.05) is 18.0 Å². The van der Waals surface area contributed by atoms with Crippen LogP contribution in [0.2, 0.25) is 0 Å². The number of guanidine groups is 1. The van der Waals surface area contributed by atoms with Crippen LogP contribution >= 0.6 is 12.4 Å². The van der Waals surface area contributed by atoms with Gasteiger partial charge >= 0.3 is 5.97 Å². The number of halogens is 1. The highest BCUT2D eigenvalue weighted by Crippen LogP contribution is 2.22. The number of carbonyl (C=O) groups excluding carboxylic acids is 2. The highest BCUT2D eigenvalue weighted by molar-refractivity contribution is 6.26. The predicted molar refractivity (Wildman–Crippen MR) is 109 cm³/mol. The van der Waals surface area contributed by atoms with Gasteiger partial charge in [0.1, 0.15) is 5.75 Å². The summed E-state index contributed by atoms with van der Waals surface area (Å²) in [5.41, 5.74) is 12.1. The van der Waals surface area contributed by atoms with Gasteiger partial charge in [0.2, 0.25) is 0 Å². The molecule has 0 saturated heterocycles. The zero-order chi connectivity index (χ0) is 19.6. The number of hydrogen-bond acceptors (Lipinski definition) is 5. The van der Waals surface area contributed by atoms with E-state index >= 15 is 0 Å². The van der Waals surface area contributed by atoms with Gasteiger partial charge in [-0.2, -0.15) is 4.99 Å². The van der Waals surface area contributed by atoms with Crippen molar-refractivity contribution in [2.45, 2.75) is 6.92 Å². The Labute approximate surface area is 168 Å². The second-order valence-electron chi connectivity index (χ2n) is 5.31. The molecule has 0 fully saturated rings. The third-order valence-corrected chi connectivity index (χ3v) is 3.26. The molecule has 148 valence electrons. The number of benzene rings is 1. The number of carbonyl (C=O) groups is 2. The number of nitrogens with zero attached hydrogens (tertiary/aromatic N) is 2. The molecule has 1 amide bonds. The molecular formula is C19H21ClN4O4. The van der Waals surface area contributed by atoms with Crippen LogP contribution in [0, 0.1) is 0 Å². The molecule has 1 heterocycles. The van der Waals surface area contributed by atoms with Gasteiger partial charge in [-0.15, -0.1) is 12.4 Å². The first-order chi connectivity index (χ1) is 13.0. The van der Waals surface area contributed by atoms with E-state index < -0.39 is 11.9 Å². The summed E-state index contributed by atoms with van der Waals surface area (Å²) in [7, 11) is 0. The molecule has 0 aliphatic carbocycles. The molecule has 1 aromatic carbocycles. The molecule has 0 aliphatic rings. The molecular weight excluding hydrogens is 384 g/mol. The standard InChI is InChI=1S/C19H20N4O4.ClH/c1-2-26-17(24)12-27-15-7-3-5-13(9-15)10-16(18(25)23-19(20)21)14-6-4-8-22-11-14;/h3-11H,2,12H2,1H3,(H4,20,21,23,25);1H/b16-10+;. The number of esters is 1. The summed E-state index contributed by atoms with van der Waals surface area (Å²) in [6.45, 7) is 1.80. The number of hydrogen-bond donors (Lipinski definition) is 2. The van der Waals surface area contributed by atoms with Gasteiger partial charge < -0.3 is 20.9 Å². The van der Waals surface area contributed by atoms with E-state index in [0.717, 1.165) is 0 Å². The number of amides is 1. The van der Waals surface area contributed by atoms with Crippen molar-refractivity contribution in [2.75, 3.05) is 13.2 Å². The molecule has 4 N–H and O–H groups in total. The SMILES string of the molecule is CCOC(=O)COc1cccc(/C=C(/C(=O)N=C(N)N)c2cccnc2)c1.Cl. The fraction of sp³-hybridized carbons (Fsp3) is 0.158. The maximum Gasteiger partial charge on any atom is 0.344 e. The number of pyridine rings is 1. The summed E-state index contributed by atoms with van der Waals surface area (Å²) in [4.78, 5) is 31.4. The van der Waals surface area contributed by atoms with E-state index in [1.165, 1.54) is 6.20 Å². The van der Waals surface area contributed by atoms with Crippen molar-refractivity contribution in [2.24, 2.45) is 16.5 Å². The molecule has 0 saturated carbocycles. The number of ether oxygens (including phenoxy) is 2. The summed E-state index contributed by atoms with van der Waals surface area (Å²) >= 11 is 0. The minimum atomic E-state index is -0.596. The van der Waals surface area contributed by atoms with Crippen LogP contribution in [-0.2, 0) is 14.3 Å².